The van der Waals surface area contributed by atoms with Crippen molar-refractivity contribution < 1.29 is 19.7 Å². The van der Waals surface area contributed by atoms with E-state index in [1.54, 1.807) is 0 Å². The van der Waals surface area contributed by atoms with Crippen LogP contribution in [-0.2, 0) is 19.7 Å². The first-order valence-electron chi connectivity index (χ1n) is 2.48. The molecule has 1 rings (SSSR count). The molecule has 0 aliphatic carbocycles. The minimum atomic E-state index is 0.120. The van der Waals surface area contributed by atoms with Crippen LogP contribution in [0.15, 0.2) is 0 Å². The molecule has 1 aliphatic heterocycles. The van der Waals surface area contributed by atoms with Crippen molar-refractivity contribution in [1.82, 2.24) is 22.0 Å². The van der Waals surface area contributed by atoms with E-state index < -0.39 is 0 Å². The first-order chi connectivity index (χ1) is 4.89. The molecule has 3 N–H and O–H groups in total. The summed E-state index contributed by atoms with van der Waals surface area (Å²) >= 11 is 0. The molecule has 0 aromatic rings. The first-order valence-corrected chi connectivity index (χ1v) is 2.48. The second kappa shape index (κ2) is 4.49. The molecule has 0 amide bonds. The van der Waals surface area contributed by atoms with E-state index in [0.717, 1.165) is 5.23 Å². The number of hydrogen-bond donors (Lipinski definition) is 3. The molecule has 0 spiro atoms. The summed E-state index contributed by atoms with van der Waals surface area (Å²) in [6.07, 6.45) is 0. The van der Waals surface area contributed by atoms with Crippen LogP contribution in [0.2, 0.25) is 0 Å². The zero-order valence-corrected chi connectivity index (χ0v) is 5.29. The summed E-state index contributed by atoms with van der Waals surface area (Å²) in [7, 11) is 1.51. The molecule has 0 radical (unpaired) electrons. The average molecular weight is 152 g/mol. The van der Waals surface area contributed by atoms with Crippen LogP contribution in [-0.4, -0.2) is 19.0 Å². The highest BCUT2D eigenvalue weighted by atomic mass is 17.2. The Bertz CT molecular complexity index is 81.3. The fourth-order valence-electron chi connectivity index (χ4n) is 0.312. The van der Waals surface area contributed by atoms with Gasteiger partial charge in [-0.1, -0.05) is 5.64 Å². The Morgan fingerprint density at radius 2 is 2.20 bits per heavy atom. The lowest BCUT2D eigenvalue weighted by molar-refractivity contribution is -0.443. The lowest BCUT2D eigenvalue weighted by atomic mass is 11.4. The Labute approximate surface area is 56.6 Å². The van der Waals surface area contributed by atoms with Gasteiger partial charge in [0.2, 0.25) is 0 Å². The van der Waals surface area contributed by atoms with Crippen LogP contribution in [0, 0.1) is 0 Å². The predicted octanol–water partition coefficient (Wildman–Crippen LogP) is -1.87. The number of nitrogens with one attached hydrogen (secondary N) is 3. The smallest absolute Gasteiger partial charge is 0.145 e. The maximum absolute atomic E-state index is 4.62. The summed E-state index contributed by atoms with van der Waals surface area (Å²) in [6.45, 7) is 0.120. The normalized spacial score (nSPS) is 24.9. The third-order valence-electron chi connectivity index (χ3n) is 0.632. The van der Waals surface area contributed by atoms with E-state index in [-0.39, 0.29) is 6.73 Å². The van der Waals surface area contributed by atoms with E-state index in [0.29, 0.717) is 0 Å². The summed E-state index contributed by atoms with van der Waals surface area (Å²) in [6, 6.07) is 0. The van der Waals surface area contributed by atoms with Gasteiger partial charge in [-0.15, -0.1) is 0 Å². The van der Waals surface area contributed by atoms with Crippen molar-refractivity contribution in [2.24, 2.45) is 0 Å². The molecule has 10 heavy (non-hydrogen) atoms. The summed E-state index contributed by atoms with van der Waals surface area (Å²) in [5, 5.41) is 0.996. The van der Waals surface area contributed by atoms with Crippen molar-refractivity contribution in [3.05, 3.63) is 0 Å². The van der Waals surface area contributed by atoms with E-state index >= 15 is 0 Å². The third-order valence-corrected chi connectivity index (χ3v) is 0.632. The Morgan fingerprint density at radius 3 is 3.10 bits per heavy atom. The minimum absolute atomic E-state index is 0.120. The predicted molar refractivity (Wildman–Crippen MR) is 26.4 cm³/mol. The number of rotatable bonds is 0. The molecule has 60 valence electrons. The highest BCUT2D eigenvalue weighted by molar-refractivity contribution is 4.02. The SMILES string of the molecule is CN1ONCONONO1. The second-order valence-corrected chi connectivity index (χ2v) is 1.32. The van der Waals surface area contributed by atoms with Gasteiger partial charge in [-0.05, 0) is 10.9 Å². The number of hydroxylamine groups is 3. The van der Waals surface area contributed by atoms with Crippen molar-refractivity contribution in [2.75, 3.05) is 13.8 Å². The molecule has 1 aliphatic rings. The van der Waals surface area contributed by atoms with Gasteiger partial charge in [-0.25, -0.2) is 0 Å². The number of hydrogen-bond acceptors (Lipinski definition) is 8. The van der Waals surface area contributed by atoms with Gasteiger partial charge in [-0.2, -0.15) is 20.3 Å². The second-order valence-electron chi connectivity index (χ2n) is 1.32. The van der Waals surface area contributed by atoms with Crippen molar-refractivity contribution >= 4 is 0 Å². The molecule has 0 saturated carbocycles. The Balaban J connectivity index is 2.15. The lowest BCUT2D eigenvalue weighted by Gasteiger charge is -2.10. The maximum Gasteiger partial charge on any atom is 0.145 e. The summed E-state index contributed by atoms with van der Waals surface area (Å²) in [5.41, 5.74) is 6.42. The Kier molecular flexibility index (Phi) is 3.49. The molecule has 0 bridgehead atoms. The van der Waals surface area contributed by atoms with Crippen molar-refractivity contribution in [2.45, 2.75) is 0 Å². The Morgan fingerprint density at radius 1 is 1.30 bits per heavy atom. The van der Waals surface area contributed by atoms with Crippen LogP contribution in [0.4, 0.5) is 0 Å². The van der Waals surface area contributed by atoms with Gasteiger partial charge < -0.3 is 0 Å². The first kappa shape index (κ1) is 7.78. The third kappa shape index (κ3) is 3.00. The van der Waals surface area contributed by atoms with Gasteiger partial charge in [0.1, 0.15) is 6.73 Å². The van der Waals surface area contributed by atoms with Crippen LogP contribution in [0.25, 0.3) is 0 Å². The van der Waals surface area contributed by atoms with Gasteiger partial charge >= 0.3 is 0 Å². The van der Waals surface area contributed by atoms with E-state index in [1.165, 1.54) is 7.05 Å². The molecule has 0 atom stereocenters. The zero-order chi connectivity index (χ0) is 7.23. The van der Waals surface area contributed by atoms with Crippen molar-refractivity contribution in [3.63, 3.8) is 0 Å². The molecule has 0 unspecified atom stereocenters. The highest BCUT2D eigenvalue weighted by Crippen LogP contribution is 1.81. The highest BCUT2D eigenvalue weighted by Gasteiger charge is 2.00. The summed E-state index contributed by atoms with van der Waals surface area (Å²) in [5.74, 6) is 0. The molecule has 0 aromatic carbocycles. The summed E-state index contributed by atoms with van der Waals surface area (Å²) in [4.78, 5) is 18.0. The molecular formula is C2H8N4O4. The number of nitrogens with zero attached hydrogens (tertiary/aromatic N) is 1. The molecule has 1 saturated heterocycles. The van der Waals surface area contributed by atoms with Gasteiger partial charge in [0, 0.05) is 7.05 Å². The average Bonchev–Trinajstić information content (AvgIpc) is 2.02. The van der Waals surface area contributed by atoms with Crippen LogP contribution in [0.3, 0.4) is 0 Å². The van der Waals surface area contributed by atoms with Gasteiger partial charge in [0.25, 0.3) is 0 Å². The monoisotopic (exact) mass is 152 g/mol. The van der Waals surface area contributed by atoms with E-state index in [1.807, 2.05) is 11.3 Å². The van der Waals surface area contributed by atoms with Gasteiger partial charge in [-0.3, -0.25) is 4.84 Å². The lowest BCUT2D eigenvalue weighted by Crippen LogP contribution is -2.32. The fraction of sp³-hybridized carbons (Fsp3) is 1.00. The standard InChI is InChI=1S/C2H8N4O4/c1-6-9-3-2-7-4-8-5-10-6/h3-5H,2H2,1H3. The fourth-order valence-corrected chi connectivity index (χ4v) is 0.312. The topological polar surface area (TPSA) is 76.3 Å². The van der Waals surface area contributed by atoms with Crippen molar-refractivity contribution in [1.29, 1.82) is 0 Å². The largest absolute Gasteiger partial charge is 0.257 e. The van der Waals surface area contributed by atoms with E-state index in [2.05, 4.69) is 25.1 Å². The molecule has 8 heteroatoms. The van der Waals surface area contributed by atoms with Crippen LogP contribution in [0.1, 0.15) is 0 Å². The Hall–Kier alpha value is -0.320. The van der Waals surface area contributed by atoms with Crippen LogP contribution in [0.5, 0.6) is 0 Å². The molecule has 0 aromatic heterocycles. The maximum atomic E-state index is 4.62. The van der Waals surface area contributed by atoms with Crippen LogP contribution >= 0.6 is 0 Å². The minimum Gasteiger partial charge on any atom is -0.257 e. The molecular weight excluding hydrogens is 144 g/mol. The van der Waals surface area contributed by atoms with Gasteiger partial charge in [0.05, 0.1) is 0 Å². The van der Waals surface area contributed by atoms with Gasteiger partial charge in [0.15, 0.2) is 0 Å². The zero-order valence-electron chi connectivity index (χ0n) is 5.29. The molecule has 1 heterocycles. The quantitative estimate of drug-likeness (QED) is 0.372. The van der Waals surface area contributed by atoms with Crippen molar-refractivity contribution in [3.8, 4) is 0 Å². The van der Waals surface area contributed by atoms with E-state index in [4.69, 9.17) is 0 Å². The molecule has 8 nitrogen and oxygen atoms in total. The van der Waals surface area contributed by atoms with E-state index in [9.17, 15) is 0 Å². The summed E-state index contributed by atoms with van der Waals surface area (Å²) < 4.78 is 0. The molecule has 1 fully saturated rings. The van der Waals surface area contributed by atoms with Crippen LogP contribution < -0.4 is 16.8 Å².